The Bertz CT molecular complexity index is 1240. The molecule has 3 nitrogen and oxygen atoms in total. The van der Waals surface area contributed by atoms with E-state index in [2.05, 4.69) is 81.6 Å². The van der Waals surface area contributed by atoms with Gasteiger partial charge in [0.15, 0.2) is 5.78 Å². The van der Waals surface area contributed by atoms with Crippen molar-refractivity contribution in [3.8, 4) is 16.9 Å². The molecule has 0 aromatic heterocycles. The maximum atomic E-state index is 13.2. The molecule has 4 rings (SSSR count). The Morgan fingerprint density at radius 3 is 2.42 bits per heavy atom. The number of ketones is 1. The molecule has 0 radical (unpaired) electrons. The standard InChI is InChI=1S/C28H24I2O3/c1-17-11-22(14-24(29)26(17)31)27(32)23-12-18(2)28(25(30)15-23)33-16-19-7-6-10-21(13-19)20-8-4-3-5-9-20/h3-14,23,31H,15-16H2,1-2H3/t23-/m0/s1. The van der Waals surface area contributed by atoms with Crippen molar-refractivity contribution in [2.45, 2.75) is 26.9 Å². The third-order valence-electron chi connectivity index (χ3n) is 5.75. The number of benzene rings is 3. The number of rotatable bonds is 6. The van der Waals surface area contributed by atoms with Gasteiger partial charge in [0.05, 0.1) is 3.57 Å². The Kier molecular flexibility index (Phi) is 7.58. The number of hydrogen-bond acceptors (Lipinski definition) is 3. The first-order valence-electron chi connectivity index (χ1n) is 10.7. The topological polar surface area (TPSA) is 46.5 Å². The van der Waals surface area contributed by atoms with Crippen LogP contribution in [0.15, 0.2) is 87.7 Å². The van der Waals surface area contributed by atoms with Crippen LogP contribution in [0.4, 0.5) is 0 Å². The Morgan fingerprint density at radius 2 is 1.73 bits per heavy atom. The minimum absolute atomic E-state index is 0.0687. The molecule has 1 atom stereocenters. The van der Waals surface area contributed by atoms with E-state index in [-0.39, 0.29) is 17.5 Å². The van der Waals surface area contributed by atoms with E-state index in [0.717, 1.165) is 20.5 Å². The molecule has 0 saturated heterocycles. The molecule has 0 saturated carbocycles. The smallest absolute Gasteiger partial charge is 0.170 e. The summed E-state index contributed by atoms with van der Waals surface area (Å²) >= 11 is 4.36. The number of phenols is 1. The summed E-state index contributed by atoms with van der Waals surface area (Å²) in [5.74, 6) is 0.940. The fraction of sp³-hybridized carbons (Fsp3) is 0.179. The highest BCUT2D eigenvalue weighted by atomic mass is 127. The fourth-order valence-electron chi connectivity index (χ4n) is 4.02. The SMILES string of the molecule is CC1=C[C@H](C(=O)c2cc(C)c(O)c(I)c2)CC(I)=C1OCc1cccc(-c2ccccc2)c1. The third-order valence-corrected chi connectivity index (χ3v) is 7.50. The average Bonchev–Trinajstić information content (AvgIpc) is 2.82. The van der Waals surface area contributed by atoms with Crippen LogP contribution in [-0.2, 0) is 11.3 Å². The lowest BCUT2D eigenvalue weighted by molar-refractivity contribution is 0.0942. The van der Waals surface area contributed by atoms with Crippen molar-refractivity contribution in [2.24, 2.45) is 5.92 Å². The summed E-state index contributed by atoms with van der Waals surface area (Å²) < 4.78 is 7.98. The summed E-state index contributed by atoms with van der Waals surface area (Å²) in [5, 5.41) is 10.0. The van der Waals surface area contributed by atoms with Gasteiger partial charge in [0.1, 0.15) is 18.1 Å². The van der Waals surface area contributed by atoms with Crippen LogP contribution < -0.4 is 0 Å². The molecule has 1 aliphatic rings. The van der Waals surface area contributed by atoms with Crippen LogP contribution in [0, 0.1) is 16.4 Å². The zero-order valence-electron chi connectivity index (χ0n) is 18.4. The molecule has 0 bridgehead atoms. The van der Waals surface area contributed by atoms with Gasteiger partial charge in [-0.05, 0) is 111 Å². The fourth-order valence-corrected chi connectivity index (χ4v) is 5.83. The second-order valence-electron chi connectivity index (χ2n) is 8.24. The van der Waals surface area contributed by atoms with Crippen molar-refractivity contribution < 1.29 is 14.6 Å². The molecule has 5 heteroatoms. The van der Waals surface area contributed by atoms with Gasteiger partial charge in [0.2, 0.25) is 0 Å². The number of hydrogen-bond donors (Lipinski definition) is 1. The van der Waals surface area contributed by atoms with Crippen LogP contribution >= 0.6 is 45.2 Å². The van der Waals surface area contributed by atoms with Crippen molar-refractivity contribution in [2.75, 3.05) is 0 Å². The zero-order chi connectivity index (χ0) is 23.5. The summed E-state index contributed by atoms with van der Waals surface area (Å²) in [4.78, 5) is 13.2. The lowest BCUT2D eigenvalue weighted by atomic mass is 9.88. The maximum absolute atomic E-state index is 13.2. The first-order valence-corrected chi connectivity index (χ1v) is 12.9. The molecule has 33 heavy (non-hydrogen) atoms. The molecule has 0 unspecified atom stereocenters. The molecular formula is C28H24I2O3. The van der Waals surface area contributed by atoms with E-state index in [1.165, 1.54) is 11.1 Å². The lowest BCUT2D eigenvalue weighted by Gasteiger charge is -2.23. The summed E-state index contributed by atoms with van der Waals surface area (Å²) in [5.41, 5.74) is 5.79. The average molecular weight is 662 g/mol. The minimum atomic E-state index is -0.231. The summed E-state index contributed by atoms with van der Waals surface area (Å²) in [6.07, 6.45) is 2.63. The number of carbonyl (C=O) groups is 1. The van der Waals surface area contributed by atoms with Crippen LogP contribution in [-0.4, -0.2) is 10.9 Å². The molecule has 0 fully saturated rings. The third kappa shape index (κ3) is 5.51. The van der Waals surface area contributed by atoms with Crippen molar-refractivity contribution >= 4 is 51.0 Å². The predicted molar refractivity (Wildman–Crippen MR) is 149 cm³/mol. The Hall–Kier alpha value is -2.13. The summed E-state index contributed by atoms with van der Waals surface area (Å²) in [7, 11) is 0. The van der Waals surface area contributed by atoms with Crippen molar-refractivity contribution in [3.05, 3.63) is 108 Å². The highest BCUT2D eigenvalue weighted by molar-refractivity contribution is 14.1. The second kappa shape index (κ2) is 10.4. The first kappa shape index (κ1) is 24.0. The number of ether oxygens (including phenoxy) is 1. The Morgan fingerprint density at radius 1 is 1.00 bits per heavy atom. The number of carbonyl (C=O) groups excluding carboxylic acids is 1. The molecular weight excluding hydrogens is 638 g/mol. The van der Waals surface area contributed by atoms with E-state index in [0.29, 0.717) is 27.7 Å². The Labute approximate surface area is 221 Å². The van der Waals surface area contributed by atoms with Gasteiger partial charge in [-0.15, -0.1) is 0 Å². The number of Topliss-reactive ketones (excluding diaryl/α,β-unsaturated/α-hetero) is 1. The number of aromatic hydroxyl groups is 1. The zero-order valence-corrected chi connectivity index (χ0v) is 22.8. The van der Waals surface area contributed by atoms with Gasteiger partial charge in [-0.3, -0.25) is 4.79 Å². The van der Waals surface area contributed by atoms with Gasteiger partial charge >= 0.3 is 0 Å². The van der Waals surface area contributed by atoms with Gasteiger partial charge in [-0.2, -0.15) is 0 Å². The maximum Gasteiger partial charge on any atom is 0.170 e. The van der Waals surface area contributed by atoms with Crippen LogP contribution in [0.1, 0.15) is 34.8 Å². The van der Waals surface area contributed by atoms with Crippen molar-refractivity contribution in [1.82, 2.24) is 0 Å². The molecule has 0 heterocycles. The molecule has 1 N–H and O–H groups in total. The second-order valence-corrected chi connectivity index (χ2v) is 10.7. The van der Waals surface area contributed by atoms with E-state index in [9.17, 15) is 9.90 Å². The van der Waals surface area contributed by atoms with Gasteiger partial charge in [-0.25, -0.2) is 0 Å². The predicted octanol–water partition coefficient (Wildman–Crippen LogP) is 7.98. The first-order chi connectivity index (χ1) is 15.8. The number of halogens is 2. The molecule has 3 aromatic carbocycles. The normalized spacial score (nSPS) is 15.9. The molecule has 168 valence electrons. The molecule has 0 spiro atoms. The number of aryl methyl sites for hydroxylation is 1. The number of phenolic OH excluding ortho intramolecular Hbond substituents is 1. The largest absolute Gasteiger partial charge is 0.507 e. The summed E-state index contributed by atoms with van der Waals surface area (Å²) in [6, 6.07) is 22.2. The molecule has 3 aromatic rings. The number of allylic oxidation sites excluding steroid dienone is 3. The van der Waals surface area contributed by atoms with Gasteiger partial charge in [0, 0.05) is 15.1 Å². The lowest BCUT2D eigenvalue weighted by Crippen LogP contribution is -2.18. The quantitative estimate of drug-likeness (QED) is 0.215. The van der Waals surface area contributed by atoms with Crippen LogP contribution in [0.3, 0.4) is 0 Å². The van der Waals surface area contributed by atoms with E-state index >= 15 is 0 Å². The van der Waals surface area contributed by atoms with E-state index in [4.69, 9.17) is 4.74 Å². The van der Waals surface area contributed by atoms with Crippen LogP contribution in [0.25, 0.3) is 11.1 Å². The van der Waals surface area contributed by atoms with Crippen molar-refractivity contribution in [3.63, 3.8) is 0 Å². The molecule has 1 aliphatic carbocycles. The van der Waals surface area contributed by atoms with Gasteiger partial charge < -0.3 is 9.84 Å². The van der Waals surface area contributed by atoms with Gasteiger partial charge in [-0.1, -0.05) is 54.6 Å². The van der Waals surface area contributed by atoms with E-state index in [1.54, 1.807) is 12.1 Å². The van der Waals surface area contributed by atoms with E-state index < -0.39 is 0 Å². The molecule has 0 aliphatic heterocycles. The van der Waals surface area contributed by atoms with Crippen molar-refractivity contribution in [1.29, 1.82) is 0 Å². The van der Waals surface area contributed by atoms with Gasteiger partial charge in [0.25, 0.3) is 0 Å². The minimum Gasteiger partial charge on any atom is -0.507 e. The molecule has 0 amide bonds. The van der Waals surface area contributed by atoms with Crippen LogP contribution in [0.5, 0.6) is 5.75 Å². The monoisotopic (exact) mass is 662 g/mol. The Balaban J connectivity index is 1.47. The highest BCUT2D eigenvalue weighted by Gasteiger charge is 2.27. The highest BCUT2D eigenvalue weighted by Crippen LogP contribution is 2.36. The summed E-state index contributed by atoms with van der Waals surface area (Å²) in [6.45, 7) is 4.29. The van der Waals surface area contributed by atoms with E-state index in [1.807, 2.05) is 38.1 Å². The van der Waals surface area contributed by atoms with Crippen LogP contribution in [0.2, 0.25) is 0 Å².